The van der Waals surface area contributed by atoms with E-state index in [9.17, 15) is 8.42 Å². The van der Waals surface area contributed by atoms with E-state index >= 15 is 0 Å². The zero-order valence-corrected chi connectivity index (χ0v) is 12.7. The van der Waals surface area contributed by atoms with Crippen LogP contribution >= 0.6 is 0 Å². The normalized spacial score (nSPS) is 21.2. The van der Waals surface area contributed by atoms with Gasteiger partial charge in [-0.15, -0.1) is 0 Å². The molecule has 1 fully saturated rings. The van der Waals surface area contributed by atoms with Crippen LogP contribution in [0.15, 0.2) is 23.4 Å². The third-order valence-electron chi connectivity index (χ3n) is 4.52. The Morgan fingerprint density at radius 2 is 2.10 bits per heavy atom. The van der Waals surface area contributed by atoms with Crippen LogP contribution in [0.2, 0.25) is 0 Å². The molecule has 1 aromatic carbocycles. The van der Waals surface area contributed by atoms with E-state index in [1.807, 2.05) is 0 Å². The summed E-state index contributed by atoms with van der Waals surface area (Å²) < 4.78 is 24.2. The van der Waals surface area contributed by atoms with Crippen LogP contribution in [-0.2, 0) is 16.3 Å². The second-order valence-electron chi connectivity index (χ2n) is 6.00. The highest BCUT2D eigenvalue weighted by atomic mass is 32.2. The summed E-state index contributed by atoms with van der Waals surface area (Å²) in [6, 6.07) is 3.82. The second-order valence-corrected chi connectivity index (χ2v) is 8.08. The molecular formula is C15H17N3O2S. The Balaban J connectivity index is 1.89. The van der Waals surface area contributed by atoms with Gasteiger partial charge >= 0.3 is 0 Å². The van der Waals surface area contributed by atoms with Crippen molar-refractivity contribution < 1.29 is 8.42 Å². The van der Waals surface area contributed by atoms with Gasteiger partial charge in [-0.25, -0.2) is 18.4 Å². The maximum atomic E-state index is 12.1. The molecule has 4 rings (SSSR count). The molecule has 2 aliphatic rings. The lowest BCUT2D eigenvalue weighted by atomic mass is 10.1. The van der Waals surface area contributed by atoms with Crippen molar-refractivity contribution in [2.75, 3.05) is 11.1 Å². The fraction of sp³-hybridized carbons (Fsp3) is 0.467. The summed E-state index contributed by atoms with van der Waals surface area (Å²) in [5.41, 5.74) is 1.69. The lowest BCUT2D eigenvalue weighted by Gasteiger charge is -2.16. The van der Waals surface area contributed by atoms with Crippen molar-refractivity contribution in [2.45, 2.75) is 37.1 Å². The number of aryl methyl sites for hydroxylation is 1. The lowest BCUT2D eigenvalue weighted by Crippen LogP contribution is -2.18. The number of sulfone groups is 1. The van der Waals surface area contributed by atoms with Crippen molar-refractivity contribution >= 4 is 26.6 Å². The van der Waals surface area contributed by atoms with Crippen molar-refractivity contribution in [3.63, 3.8) is 0 Å². The molecule has 1 N–H and O–H groups in total. The molecule has 1 atom stereocenters. The van der Waals surface area contributed by atoms with Gasteiger partial charge in [-0.1, -0.05) is 0 Å². The van der Waals surface area contributed by atoms with Crippen LogP contribution in [0.25, 0.3) is 10.9 Å². The van der Waals surface area contributed by atoms with Gasteiger partial charge in [0.05, 0.1) is 16.2 Å². The number of hydrogen-bond acceptors (Lipinski definition) is 5. The highest BCUT2D eigenvalue weighted by Gasteiger charge is 2.31. The number of nitrogens with zero attached hydrogens (tertiary/aromatic N) is 2. The molecule has 1 aliphatic carbocycles. The fourth-order valence-corrected chi connectivity index (χ4v) is 4.67. The molecule has 1 aromatic heterocycles. The van der Waals surface area contributed by atoms with Gasteiger partial charge in [0, 0.05) is 11.4 Å². The summed E-state index contributed by atoms with van der Waals surface area (Å²) >= 11 is 0. The summed E-state index contributed by atoms with van der Waals surface area (Å²) in [6.45, 7) is 2.16. The third-order valence-corrected chi connectivity index (χ3v) is 6.31. The van der Waals surface area contributed by atoms with E-state index in [1.165, 1.54) is 12.8 Å². The smallest absolute Gasteiger partial charge is 0.179 e. The average molecular weight is 303 g/mol. The van der Waals surface area contributed by atoms with Crippen molar-refractivity contribution in [3.8, 4) is 0 Å². The number of anilines is 1. The van der Waals surface area contributed by atoms with Crippen molar-refractivity contribution in [3.05, 3.63) is 24.0 Å². The molecule has 1 saturated carbocycles. The van der Waals surface area contributed by atoms with Gasteiger partial charge in [-0.2, -0.15) is 0 Å². The van der Waals surface area contributed by atoms with Crippen LogP contribution in [0.5, 0.6) is 0 Å². The van der Waals surface area contributed by atoms with E-state index in [0.29, 0.717) is 23.3 Å². The minimum Gasteiger partial charge on any atom is -0.367 e. The average Bonchev–Trinajstić information content (AvgIpc) is 3.25. The Morgan fingerprint density at radius 3 is 2.86 bits per heavy atom. The highest BCUT2D eigenvalue weighted by molar-refractivity contribution is 7.91. The molecule has 0 amide bonds. The SMILES string of the molecule is C[C@@H](Nc1ncnc2ccc3c(c12)CCS3(=O)=O)C1CC1. The first kappa shape index (κ1) is 13.0. The van der Waals surface area contributed by atoms with E-state index in [4.69, 9.17) is 0 Å². The van der Waals surface area contributed by atoms with Gasteiger partial charge < -0.3 is 5.32 Å². The number of fused-ring (bicyclic) bond motifs is 3. The summed E-state index contributed by atoms with van der Waals surface area (Å²) in [5.74, 6) is 1.66. The van der Waals surface area contributed by atoms with Crippen LogP contribution in [0.4, 0.5) is 5.82 Å². The minimum atomic E-state index is -3.13. The zero-order valence-electron chi connectivity index (χ0n) is 11.8. The standard InChI is InChI=1S/C15H17N3O2S/c1-9(10-2-3-10)18-15-14-11-6-7-21(19,20)13(11)5-4-12(14)16-8-17-15/h4-5,8-10H,2-3,6-7H2,1H3,(H,16,17,18)/t9-/m1/s1. The summed E-state index contributed by atoms with van der Waals surface area (Å²) in [6.07, 6.45) is 4.60. The van der Waals surface area contributed by atoms with E-state index in [1.54, 1.807) is 18.5 Å². The predicted octanol–water partition coefficient (Wildman–Crippen LogP) is 2.17. The summed E-state index contributed by atoms with van der Waals surface area (Å²) in [5, 5.41) is 4.34. The first-order valence-corrected chi connectivity index (χ1v) is 8.97. The summed E-state index contributed by atoms with van der Waals surface area (Å²) in [4.78, 5) is 9.11. The minimum absolute atomic E-state index is 0.188. The van der Waals surface area contributed by atoms with Crippen LogP contribution in [-0.4, -0.2) is 30.2 Å². The number of rotatable bonds is 3. The van der Waals surface area contributed by atoms with Gasteiger partial charge in [0.15, 0.2) is 9.84 Å². The molecule has 5 nitrogen and oxygen atoms in total. The first-order valence-electron chi connectivity index (χ1n) is 7.32. The largest absolute Gasteiger partial charge is 0.367 e. The molecule has 110 valence electrons. The van der Waals surface area contributed by atoms with Crippen LogP contribution < -0.4 is 5.32 Å². The quantitative estimate of drug-likeness (QED) is 0.941. The molecule has 2 heterocycles. The van der Waals surface area contributed by atoms with Crippen molar-refractivity contribution in [1.29, 1.82) is 0 Å². The predicted molar refractivity (Wildman–Crippen MR) is 81.1 cm³/mol. The van der Waals surface area contributed by atoms with Crippen molar-refractivity contribution in [2.24, 2.45) is 5.92 Å². The molecular weight excluding hydrogens is 286 g/mol. The Bertz CT molecular complexity index is 828. The van der Waals surface area contributed by atoms with E-state index in [2.05, 4.69) is 22.2 Å². The Morgan fingerprint density at radius 1 is 1.29 bits per heavy atom. The Kier molecular flexibility index (Phi) is 2.73. The molecule has 0 radical (unpaired) electrons. The highest BCUT2D eigenvalue weighted by Crippen LogP contribution is 2.37. The monoisotopic (exact) mass is 303 g/mol. The van der Waals surface area contributed by atoms with Gasteiger partial charge in [0.1, 0.15) is 12.1 Å². The van der Waals surface area contributed by atoms with Gasteiger partial charge in [-0.05, 0) is 49.8 Å². The third kappa shape index (κ3) is 2.09. The molecule has 0 bridgehead atoms. The Labute approximate surface area is 123 Å². The van der Waals surface area contributed by atoms with Crippen LogP contribution in [0.1, 0.15) is 25.3 Å². The molecule has 0 unspecified atom stereocenters. The van der Waals surface area contributed by atoms with Crippen LogP contribution in [0.3, 0.4) is 0 Å². The van der Waals surface area contributed by atoms with Crippen molar-refractivity contribution in [1.82, 2.24) is 9.97 Å². The Hall–Kier alpha value is -1.69. The molecule has 1 aliphatic heterocycles. The summed E-state index contributed by atoms with van der Waals surface area (Å²) in [7, 11) is -3.13. The molecule has 0 spiro atoms. The fourth-order valence-electron chi connectivity index (χ4n) is 3.13. The molecule has 21 heavy (non-hydrogen) atoms. The maximum Gasteiger partial charge on any atom is 0.179 e. The van der Waals surface area contributed by atoms with Gasteiger partial charge in [0.25, 0.3) is 0 Å². The van der Waals surface area contributed by atoms with Gasteiger partial charge in [0.2, 0.25) is 0 Å². The van der Waals surface area contributed by atoms with E-state index in [-0.39, 0.29) is 5.75 Å². The molecule has 6 heteroatoms. The molecule has 2 aromatic rings. The topological polar surface area (TPSA) is 72.0 Å². The molecule has 0 saturated heterocycles. The maximum absolute atomic E-state index is 12.1. The van der Waals surface area contributed by atoms with Crippen LogP contribution in [0, 0.1) is 5.92 Å². The van der Waals surface area contributed by atoms with E-state index in [0.717, 1.165) is 22.3 Å². The first-order chi connectivity index (χ1) is 10.1. The second kappa shape index (κ2) is 4.40. The zero-order chi connectivity index (χ0) is 14.6. The number of nitrogens with one attached hydrogen (secondary N) is 1. The lowest BCUT2D eigenvalue weighted by molar-refractivity contribution is 0.600. The number of aromatic nitrogens is 2. The number of benzene rings is 1. The van der Waals surface area contributed by atoms with Gasteiger partial charge in [-0.3, -0.25) is 0 Å². The van der Waals surface area contributed by atoms with E-state index < -0.39 is 9.84 Å². The number of hydrogen-bond donors (Lipinski definition) is 1.